The molecule has 0 unspecified atom stereocenters. The lowest BCUT2D eigenvalue weighted by Crippen LogP contribution is -2.30. The molecule has 0 aliphatic rings. The Bertz CT molecular complexity index is 415. The lowest BCUT2D eigenvalue weighted by Gasteiger charge is -2.21. The van der Waals surface area contributed by atoms with Crippen molar-refractivity contribution in [1.82, 2.24) is 4.90 Å². The summed E-state index contributed by atoms with van der Waals surface area (Å²) in [6.07, 6.45) is -0.0224. The van der Waals surface area contributed by atoms with Crippen LogP contribution in [-0.2, 0) is 16.1 Å². The van der Waals surface area contributed by atoms with Gasteiger partial charge in [-0.3, -0.25) is 9.59 Å². The summed E-state index contributed by atoms with van der Waals surface area (Å²) in [5.74, 6) is -0.990. The Morgan fingerprint density at radius 2 is 1.94 bits per heavy atom. The zero-order valence-electron chi connectivity index (χ0n) is 10.1. The van der Waals surface area contributed by atoms with Crippen molar-refractivity contribution >= 4 is 11.9 Å². The maximum atomic E-state index is 11.4. The number of amides is 1. The molecule has 17 heavy (non-hydrogen) atoms. The first-order valence-corrected chi connectivity index (χ1v) is 5.52. The second-order valence-corrected chi connectivity index (χ2v) is 4.01. The molecule has 1 rings (SSSR count). The average molecular weight is 235 g/mol. The highest BCUT2D eigenvalue weighted by atomic mass is 16.4. The summed E-state index contributed by atoms with van der Waals surface area (Å²) in [5, 5.41) is 8.63. The normalized spacial score (nSPS) is 10.0. The predicted molar refractivity (Wildman–Crippen MR) is 64.5 cm³/mol. The number of hydrogen-bond acceptors (Lipinski definition) is 2. The molecule has 1 N–H and O–H groups in total. The van der Waals surface area contributed by atoms with E-state index in [0.717, 1.165) is 11.1 Å². The summed E-state index contributed by atoms with van der Waals surface area (Å²) >= 11 is 0. The van der Waals surface area contributed by atoms with Gasteiger partial charge in [0.2, 0.25) is 5.91 Å². The monoisotopic (exact) mass is 235 g/mol. The Balaban J connectivity index is 2.70. The van der Waals surface area contributed by atoms with Crippen LogP contribution in [0.2, 0.25) is 0 Å². The molecular formula is C13H17NO3. The van der Waals surface area contributed by atoms with Gasteiger partial charge in [-0.25, -0.2) is 0 Å². The summed E-state index contributed by atoms with van der Waals surface area (Å²) in [4.78, 5) is 23.5. The van der Waals surface area contributed by atoms with Crippen molar-refractivity contribution in [2.75, 3.05) is 6.54 Å². The lowest BCUT2D eigenvalue weighted by atomic mass is 10.1. The SMILES string of the molecule is CC(=O)N(CCC(=O)O)Cc1ccccc1C. The fourth-order valence-electron chi connectivity index (χ4n) is 1.57. The van der Waals surface area contributed by atoms with E-state index < -0.39 is 5.97 Å². The number of carboxylic acid groups (broad SMARTS) is 1. The molecule has 0 radical (unpaired) electrons. The van der Waals surface area contributed by atoms with Gasteiger partial charge in [-0.2, -0.15) is 0 Å². The number of benzene rings is 1. The third kappa shape index (κ3) is 4.26. The summed E-state index contributed by atoms with van der Waals surface area (Å²) in [7, 11) is 0. The second kappa shape index (κ2) is 6.03. The van der Waals surface area contributed by atoms with Gasteiger partial charge >= 0.3 is 5.97 Å². The fraction of sp³-hybridized carbons (Fsp3) is 0.385. The number of hydrogen-bond donors (Lipinski definition) is 1. The molecule has 4 nitrogen and oxygen atoms in total. The number of aryl methyl sites for hydroxylation is 1. The van der Waals surface area contributed by atoms with Gasteiger partial charge in [0.15, 0.2) is 0 Å². The summed E-state index contributed by atoms with van der Waals surface area (Å²) in [5.41, 5.74) is 2.15. The number of carbonyl (C=O) groups is 2. The van der Waals surface area contributed by atoms with Crippen molar-refractivity contribution in [3.63, 3.8) is 0 Å². The molecule has 0 aliphatic heterocycles. The summed E-state index contributed by atoms with van der Waals surface area (Å²) < 4.78 is 0. The van der Waals surface area contributed by atoms with Crippen LogP contribution in [0.4, 0.5) is 0 Å². The van der Waals surface area contributed by atoms with Crippen molar-refractivity contribution in [1.29, 1.82) is 0 Å². The van der Waals surface area contributed by atoms with Gasteiger partial charge in [-0.05, 0) is 18.1 Å². The molecule has 0 atom stereocenters. The molecule has 4 heteroatoms. The molecule has 0 bridgehead atoms. The van der Waals surface area contributed by atoms with E-state index in [4.69, 9.17) is 5.11 Å². The molecule has 92 valence electrons. The van der Waals surface area contributed by atoms with Crippen LogP contribution in [0.3, 0.4) is 0 Å². The van der Waals surface area contributed by atoms with Gasteiger partial charge in [0.1, 0.15) is 0 Å². The smallest absolute Gasteiger partial charge is 0.305 e. The fourth-order valence-corrected chi connectivity index (χ4v) is 1.57. The maximum absolute atomic E-state index is 11.4. The van der Waals surface area contributed by atoms with Crippen LogP contribution in [0.15, 0.2) is 24.3 Å². The van der Waals surface area contributed by atoms with Gasteiger partial charge < -0.3 is 10.0 Å². The second-order valence-electron chi connectivity index (χ2n) is 4.01. The van der Waals surface area contributed by atoms with E-state index in [9.17, 15) is 9.59 Å². The van der Waals surface area contributed by atoms with Gasteiger partial charge in [-0.15, -0.1) is 0 Å². The van der Waals surface area contributed by atoms with Crippen molar-refractivity contribution in [3.8, 4) is 0 Å². The third-order valence-electron chi connectivity index (χ3n) is 2.66. The molecule has 1 aromatic carbocycles. The Morgan fingerprint density at radius 3 is 2.47 bits per heavy atom. The Labute approximate surface area is 101 Å². The van der Waals surface area contributed by atoms with E-state index in [1.165, 1.54) is 6.92 Å². The molecule has 0 aromatic heterocycles. The molecular weight excluding hydrogens is 218 g/mol. The number of nitrogens with zero attached hydrogens (tertiary/aromatic N) is 1. The lowest BCUT2D eigenvalue weighted by molar-refractivity contribution is -0.138. The molecule has 0 fully saturated rings. The van der Waals surface area contributed by atoms with E-state index in [-0.39, 0.29) is 18.9 Å². The molecule has 0 saturated carbocycles. The van der Waals surface area contributed by atoms with Crippen molar-refractivity contribution < 1.29 is 14.7 Å². The van der Waals surface area contributed by atoms with Crippen LogP contribution >= 0.6 is 0 Å². The Kier molecular flexibility index (Phi) is 4.69. The van der Waals surface area contributed by atoms with E-state index in [1.807, 2.05) is 31.2 Å². The largest absolute Gasteiger partial charge is 0.481 e. The minimum atomic E-state index is -0.888. The summed E-state index contributed by atoms with van der Waals surface area (Å²) in [6, 6.07) is 7.78. The molecule has 1 amide bonds. The zero-order valence-corrected chi connectivity index (χ0v) is 10.1. The average Bonchev–Trinajstić information content (AvgIpc) is 2.25. The number of carboxylic acids is 1. The van der Waals surface area contributed by atoms with Crippen LogP contribution in [0, 0.1) is 6.92 Å². The van der Waals surface area contributed by atoms with E-state index in [1.54, 1.807) is 4.90 Å². The first-order chi connectivity index (χ1) is 8.00. The Morgan fingerprint density at radius 1 is 1.29 bits per heavy atom. The third-order valence-corrected chi connectivity index (χ3v) is 2.66. The van der Waals surface area contributed by atoms with E-state index in [0.29, 0.717) is 6.54 Å². The molecule has 0 aliphatic carbocycles. The minimum Gasteiger partial charge on any atom is -0.481 e. The van der Waals surface area contributed by atoms with Crippen LogP contribution in [0.5, 0.6) is 0 Å². The topological polar surface area (TPSA) is 57.6 Å². The highest BCUT2D eigenvalue weighted by molar-refractivity contribution is 5.74. The first-order valence-electron chi connectivity index (χ1n) is 5.52. The van der Waals surface area contributed by atoms with Crippen molar-refractivity contribution in [3.05, 3.63) is 35.4 Å². The minimum absolute atomic E-state index is 0.0224. The molecule has 1 aromatic rings. The highest BCUT2D eigenvalue weighted by Crippen LogP contribution is 2.10. The number of rotatable bonds is 5. The van der Waals surface area contributed by atoms with Crippen molar-refractivity contribution in [2.24, 2.45) is 0 Å². The van der Waals surface area contributed by atoms with Crippen molar-refractivity contribution in [2.45, 2.75) is 26.8 Å². The number of aliphatic carboxylic acids is 1. The molecule has 0 spiro atoms. The van der Waals surface area contributed by atoms with Crippen LogP contribution < -0.4 is 0 Å². The van der Waals surface area contributed by atoms with E-state index >= 15 is 0 Å². The zero-order chi connectivity index (χ0) is 12.8. The maximum Gasteiger partial charge on any atom is 0.305 e. The van der Waals surface area contributed by atoms with E-state index in [2.05, 4.69) is 0 Å². The Hall–Kier alpha value is -1.84. The number of carbonyl (C=O) groups excluding carboxylic acids is 1. The standard InChI is InChI=1S/C13H17NO3/c1-10-5-3-4-6-12(10)9-14(11(2)15)8-7-13(16)17/h3-6H,7-9H2,1-2H3,(H,16,17). The van der Waals surface area contributed by atoms with Crippen LogP contribution in [0.25, 0.3) is 0 Å². The summed E-state index contributed by atoms with van der Waals surface area (Å²) in [6.45, 7) is 4.15. The van der Waals surface area contributed by atoms with Gasteiger partial charge in [-0.1, -0.05) is 24.3 Å². The van der Waals surface area contributed by atoms with Crippen LogP contribution in [0.1, 0.15) is 24.5 Å². The highest BCUT2D eigenvalue weighted by Gasteiger charge is 2.11. The molecule has 0 saturated heterocycles. The first kappa shape index (κ1) is 13.2. The predicted octanol–water partition coefficient (Wildman–Crippen LogP) is 1.82. The van der Waals surface area contributed by atoms with Gasteiger partial charge in [0.25, 0.3) is 0 Å². The van der Waals surface area contributed by atoms with Crippen LogP contribution in [-0.4, -0.2) is 28.4 Å². The van der Waals surface area contributed by atoms with Gasteiger partial charge in [0.05, 0.1) is 6.42 Å². The molecule has 0 heterocycles. The quantitative estimate of drug-likeness (QED) is 0.846. The van der Waals surface area contributed by atoms with Gasteiger partial charge in [0, 0.05) is 20.0 Å².